The average molecular weight is 629 g/mol. The second kappa shape index (κ2) is 10.5. The first-order valence-electron chi connectivity index (χ1n) is 16.8. The lowest BCUT2D eigenvalue weighted by Crippen LogP contribution is -1.96. The summed E-state index contributed by atoms with van der Waals surface area (Å²) in [5.41, 5.74) is 14.5. The molecular weight excluding hydrogens is 597 g/mol. The number of benzene rings is 8. The van der Waals surface area contributed by atoms with E-state index in [1.165, 1.54) is 108 Å². The van der Waals surface area contributed by atoms with Gasteiger partial charge in [-0.15, -0.1) is 11.3 Å². The van der Waals surface area contributed by atoms with E-state index in [4.69, 9.17) is 0 Å². The molecular formula is C47H32S. The molecule has 1 heterocycles. The van der Waals surface area contributed by atoms with Crippen molar-refractivity contribution in [3.05, 3.63) is 167 Å². The molecule has 0 nitrogen and oxygen atoms in total. The van der Waals surface area contributed by atoms with Gasteiger partial charge in [0.1, 0.15) is 0 Å². The third kappa shape index (κ3) is 4.21. The quantitative estimate of drug-likeness (QED) is 0.170. The fourth-order valence-corrected chi connectivity index (χ4v) is 9.07. The maximum atomic E-state index is 2.47. The predicted octanol–water partition coefficient (Wildman–Crippen LogP) is 13.5. The SMILES string of the molecule is Cc1ccc(-c2cc(C3=Cc4ccccc4C3)c3ccc4c(-c5ccc(C)cc5)cc(-c5cc6ccccc6s5)c5ccc2c3c45)cc1. The van der Waals surface area contributed by atoms with E-state index in [1.54, 1.807) is 0 Å². The monoisotopic (exact) mass is 628 g/mol. The van der Waals surface area contributed by atoms with Crippen LogP contribution in [0.4, 0.5) is 0 Å². The van der Waals surface area contributed by atoms with Gasteiger partial charge in [-0.1, -0.05) is 132 Å². The van der Waals surface area contributed by atoms with E-state index in [0.717, 1.165) is 6.42 Å². The van der Waals surface area contributed by atoms with Gasteiger partial charge in [0.15, 0.2) is 0 Å². The predicted molar refractivity (Wildman–Crippen MR) is 209 cm³/mol. The minimum Gasteiger partial charge on any atom is -0.135 e. The van der Waals surface area contributed by atoms with Gasteiger partial charge in [0.2, 0.25) is 0 Å². The summed E-state index contributed by atoms with van der Waals surface area (Å²) in [5, 5.41) is 9.31. The van der Waals surface area contributed by atoms with Crippen molar-refractivity contribution in [2.24, 2.45) is 0 Å². The third-order valence-corrected chi connectivity index (χ3v) is 11.6. The zero-order chi connectivity index (χ0) is 31.9. The van der Waals surface area contributed by atoms with Crippen molar-refractivity contribution in [3.63, 3.8) is 0 Å². The molecule has 0 fully saturated rings. The number of hydrogen-bond donors (Lipinski definition) is 0. The van der Waals surface area contributed by atoms with Crippen molar-refractivity contribution in [2.75, 3.05) is 0 Å². The van der Waals surface area contributed by atoms with Crippen LogP contribution in [0.2, 0.25) is 0 Å². The van der Waals surface area contributed by atoms with Crippen LogP contribution in [0.25, 0.3) is 86.7 Å². The van der Waals surface area contributed by atoms with Crippen LogP contribution in [0.1, 0.15) is 27.8 Å². The average Bonchev–Trinajstić information content (AvgIpc) is 3.76. The molecule has 0 aliphatic heterocycles. The third-order valence-electron chi connectivity index (χ3n) is 10.4. The summed E-state index contributed by atoms with van der Waals surface area (Å²) >= 11 is 1.90. The first-order valence-corrected chi connectivity index (χ1v) is 17.6. The molecule has 8 aromatic carbocycles. The van der Waals surface area contributed by atoms with E-state index in [2.05, 4.69) is 159 Å². The zero-order valence-electron chi connectivity index (χ0n) is 27.0. The first kappa shape index (κ1) is 27.6. The standard InChI is InChI=1S/C47H32S/c1-28-11-15-30(16-12-28)40-26-42(35-23-32-7-3-4-8-33(32)24-35)38-20-19-37-41(31-17-13-29(2)14-18-31)27-43(39-22-21-36(40)46(38)47(37)39)45-25-34-9-5-6-10-44(34)48-45/h3-23,25-27H,24H2,1-2H3. The van der Waals surface area contributed by atoms with Gasteiger partial charge in [0.05, 0.1) is 0 Å². The van der Waals surface area contributed by atoms with Crippen molar-refractivity contribution < 1.29 is 0 Å². The molecule has 0 bridgehead atoms. The molecule has 1 aliphatic rings. The fraction of sp³-hybridized carbons (Fsp3) is 0.0638. The molecule has 0 amide bonds. The fourth-order valence-electron chi connectivity index (χ4n) is 7.97. The minimum absolute atomic E-state index is 0.954. The number of hydrogen-bond acceptors (Lipinski definition) is 1. The lowest BCUT2D eigenvalue weighted by molar-refractivity contribution is 1.32. The molecule has 0 spiro atoms. The smallest absolute Gasteiger partial charge is 0.0361 e. The highest BCUT2D eigenvalue weighted by Crippen LogP contribution is 2.49. The molecule has 0 atom stereocenters. The lowest BCUT2D eigenvalue weighted by atomic mass is 9.82. The van der Waals surface area contributed by atoms with Crippen molar-refractivity contribution in [1.29, 1.82) is 0 Å². The van der Waals surface area contributed by atoms with Gasteiger partial charge in [0, 0.05) is 15.1 Å². The van der Waals surface area contributed by atoms with E-state index in [9.17, 15) is 0 Å². The summed E-state index contributed by atoms with van der Waals surface area (Å²) in [6, 6.07) is 52.7. The molecule has 1 aliphatic carbocycles. The molecule has 0 saturated carbocycles. The molecule has 10 rings (SSSR count). The highest BCUT2D eigenvalue weighted by Gasteiger charge is 2.23. The maximum absolute atomic E-state index is 2.47. The molecule has 1 aromatic heterocycles. The van der Waals surface area contributed by atoms with Crippen molar-refractivity contribution >= 4 is 65.4 Å². The summed E-state index contributed by atoms with van der Waals surface area (Å²) in [7, 11) is 0. The van der Waals surface area contributed by atoms with E-state index in [0.29, 0.717) is 0 Å². The van der Waals surface area contributed by atoms with E-state index < -0.39 is 0 Å². The highest BCUT2D eigenvalue weighted by atomic mass is 32.1. The Kier molecular flexibility index (Phi) is 6.04. The van der Waals surface area contributed by atoms with Crippen LogP contribution >= 0.6 is 11.3 Å². The lowest BCUT2D eigenvalue weighted by Gasteiger charge is -2.21. The number of thiophene rings is 1. The van der Waals surface area contributed by atoms with Crippen LogP contribution in [-0.2, 0) is 6.42 Å². The zero-order valence-corrected chi connectivity index (χ0v) is 27.8. The molecule has 9 aromatic rings. The van der Waals surface area contributed by atoms with Crippen LogP contribution in [-0.4, -0.2) is 0 Å². The Morgan fingerprint density at radius 2 is 1.02 bits per heavy atom. The highest BCUT2D eigenvalue weighted by molar-refractivity contribution is 7.22. The summed E-state index contributed by atoms with van der Waals surface area (Å²) in [5.74, 6) is 0. The summed E-state index contributed by atoms with van der Waals surface area (Å²) < 4.78 is 1.33. The van der Waals surface area contributed by atoms with Crippen LogP contribution in [0, 0.1) is 13.8 Å². The second-order valence-corrected chi connectivity index (χ2v) is 14.5. The van der Waals surface area contributed by atoms with E-state index in [1.807, 2.05) is 11.3 Å². The van der Waals surface area contributed by atoms with Crippen molar-refractivity contribution in [3.8, 4) is 32.7 Å². The largest absolute Gasteiger partial charge is 0.135 e. The van der Waals surface area contributed by atoms with Gasteiger partial charge >= 0.3 is 0 Å². The number of rotatable bonds is 4. The molecule has 0 saturated heterocycles. The van der Waals surface area contributed by atoms with Crippen molar-refractivity contribution in [1.82, 2.24) is 0 Å². The Labute approximate surface area is 284 Å². The molecule has 48 heavy (non-hydrogen) atoms. The topological polar surface area (TPSA) is 0 Å². The molecule has 226 valence electrons. The Morgan fingerprint density at radius 1 is 0.479 bits per heavy atom. The molecule has 0 unspecified atom stereocenters. The van der Waals surface area contributed by atoms with Gasteiger partial charge in [-0.2, -0.15) is 0 Å². The van der Waals surface area contributed by atoms with Gasteiger partial charge in [0.25, 0.3) is 0 Å². The summed E-state index contributed by atoms with van der Waals surface area (Å²) in [6.45, 7) is 4.34. The summed E-state index contributed by atoms with van der Waals surface area (Å²) in [4.78, 5) is 1.32. The van der Waals surface area contributed by atoms with Gasteiger partial charge in [-0.25, -0.2) is 0 Å². The number of aryl methyl sites for hydroxylation is 2. The van der Waals surface area contributed by atoms with Crippen LogP contribution in [0.15, 0.2) is 140 Å². The van der Waals surface area contributed by atoms with Crippen LogP contribution in [0.3, 0.4) is 0 Å². The Balaban J connectivity index is 1.35. The Morgan fingerprint density at radius 3 is 1.65 bits per heavy atom. The molecule has 1 heteroatoms. The Bertz CT molecular complexity index is 2700. The van der Waals surface area contributed by atoms with Crippen molar-refractivity contribution in [2.45, 2.75) is 20.3 Å². The first-order chi connectivity index (χ1) is 23.6. The normalized spacial score (nSPS) is 12.8. The number of fused-ring (bicyclic) bond motifs is 2. The van der Waals surface area contributed by atoms with Gasteiger partial charge in [-0.3, -0.25) is 0 Å². The maximum Gasteiger partial charge on any atom is 0.0361 e. The van der Waals surface area contributed by atoms with Gasteiger partial charge in [-0.05, 0) is 127 Å². The van der Waals surface area contributed by atoms with Gasteiger partial charge < -0.3 is 0 Å². The molecule has 0 N–H and O–H groups in total. The van der Waals surface area contributed by atoms with Crippen LogP contribution in [0.5, 0.6) is 0 Å². The van der Waals surface area contributed by atoms with E-state index in [-0.39, 0.29) is 0 Å². The van der Waals surface area contributed by atoms with Crippen LogP contribution < -0.4 is 0 Å². The second-order valence-electron chi connectivity index (χ2n) is 13.4. The van der Waals surface area contributed by atoms with E-state index >= 15 is 0 Å². The number of allylic oxidation sites excluding steroid dienone is 1. The minimum atomic E-state index is 0.954. The molecule has 0 radical (unpaired) electrons. The Hall–Kier alpha value is -5.50. The summed E-state index contributed by atoms with van der Waals surface area (Å²) in [6.07, 6.45) is 3.37.